The zero-order valence-corrected chi connectivity index (χ0v) is 12.0. The second-order valence-electron chi connectivity index (χ2n) is 6.03. The van der Waals surface area contributed by atoms with Crippen molar-refractivity contribution in [2.24, 2.45) is 11.7 Å². The van der Waals surface area contributed by atoms with E-state index in [9.17, 15) is 9.90 Å². The first kappa shape index (κ1) is 15.4. The number of aliphatic hydroxyl groups is 1. The van der Waals surface area contributed by atoms with Gasteiger partial charge >= 0.3 is 0 Å². The lowest BCUT2D eigenvalue weighted by atomic mass is 9.78. The van der Waals surface area contributed by atoms with Gasteiger partial charge in [-0.25, -0.2) is 0 Å². The Bertz CT molecular complexity index is 282. The molecule has 0 radical (unpaired) electrons. The number of nitrogens with one attached hydrogen (secondary N) is 1. The van der Waals surface area contributed by atoms with E-state index in [1.165, 1.54) is 6.42 Å². The van der Waals surface area contributed by atoms with Crippen LogP contribution in [0.25, 0.3) is 0 Å². The Morgan fingerprint density at radius 3 is 2.44 bits per heavy atom. The lowest BCUT2D eigenvalue weighted by Crippen LogP contribution is -2.55. The Kier molecular flexibility index (Phi) is 5.17. The third-order valence-corrected chi connectivity index (χ3v) is 4.44. The van der Waals surface area contributed by atoms with Crippen molar-refractivity contribution in [3.8, 4) is 0 Å². The van der Waals surface area contributed by atoms with E-state index in [1.807, 2.05) is 6.92 Å². The first-order valence-electron chi connectivity index (χ1n) is 7.12. The third kappa shape index (κ3) is 3.95. The Morgan fingerprint density at radius 1 is 1.44 bits per heavy atom. The molecule has 1 unspecified atom stereocenters. The van der Waals surface area contributed by atoms with E-state index in [-0.39, 0.29) is 5.91 Å². The molecule has 0 aromatic carbocycles. The van der Waals surface area contributed by atoms with Gasteiger partial charge in [-0.2, -0.15) is 0 Å². The molecule has 0 bridgehead atoms. The summed E-state index contributed by atoms with van der Waals surface area (Å²) < 4.78 is 0. The lowest BCUT2D eigenvalue weighted by Gasteiger charge is -2.36. The standard InChI is InChI=1S/C14H28N2O2/c1-4-11-6-8-14(18,9-7-11)10-16-12(17)13(3,15)5-2/h11,18H,4-10,15H2,1-3H3,(H,16,17). The van der Waals surface area contributed by atoms with Gasteiger partial charge in [0.2, 0.25) is 5.91 Å². The van der Waals surface area contributed by atoms with E-state index in [2.05, 4.69) is 12.2 Å². The van der Waals surface area contributed by atoms with Gasteiger partial charge in [-0.15, -0.1) is 0 Å². The smallest absolute Gasteiger partial charge is 0.239 e. The zero-order valence-electron chi connectivity index (χ0n) is 12.0. The first-order chi connectivity index (χ1) is 8.33. The molecular weight excluding hydrogens is 228 g/mol. The minimum atomic E-state index is -0.836. The van der Waals surface area contributed by atoms with Crippen molar-refractivity contribution in [2.75, 3.05) is 6.54 Å². The van der Waals surface area contributed by atoms with Crippen molar-refractivity contribution in [2.45, 2.75) is 70.4 Å². The van der Waals surface area contributed by atoms with Crippen LogP contribution < -0.4 is 11.1 Å². The van der Waals surface area contributed by atoms with Crippen LogP contribution in [0, 0.1) is 5.92 Å². The van der Waals surface area contributed by atoms with Crippen LogP contribution in [-0.4, -0.2) is 28.7 Å². The second kappa shape index (κ2) is 6.02. The van der Waals surface area contributed by atoms with Gasteiger partial charge in [-0.3, -0.25) is 4.79 Å². The maximum atomic E-state index is 11.9. The van der Waals surface area contributed by atoms with Gasteiger partial charge in [0.25, 0.3) is 0 Å². The summed E-state index contributed by atoms with van der Waals surface area (Å²) in [5, 5.41) is 13.2. The molecule has 4 N–H and O–H groups in total. The summed E-state index contributed by atoms with van der Waals surface area (Å²) >= 11 is 0. The van der Waals surface area contributed by atoms with Gasteiger partial charge in [0.15, 0.2) is 0 Å². The fraction of sp³-hybridized carbons (Fsp3) is 0.929. The van der Waals surface area contributed by atoms with Crippen molar-refractivity contribution >= 4 is 5.91 Å². The topological polar surface area (TPSA) is 75.3 Å². The molecule has 0 aromatic heterocycles. The van der Waals surface area contributed by atoms with Crippen LogP contribution in [0.3, 0.4) is 0 Å². The minimum Gasteiger partial charge on any atom is -0.388 e. The summed E-state index contributed by atoms with van der Waals surface area (Å²) in [5.41, 5.74) is 4.30. The Hall–Kier alpha value is -0.610. The number of hydrogen-bond acceptors (Lipinski definition) is 3. The van der Waals surface area contributed by atoms with Gasteiger partial charge in [-0.1, -0.05) is 20.3 Å². The maximum absolute atomic E-state index is 11.9. The largest absolute Gasteiger partial charge is 0.388 e. The van der Waals surface area contributed by atoms with E-state index in [1.54, 1.807) is 6.92 Å². The van der Waals surface area contributed by atoms with Gasteiger partial charge in [-0.05, 0) is 44.9 Å². The molecule has 1 fully saturated rings. The van der Waals surface area contributed by atoms with Crippen LogP contribution in [0.2, 0.25) is 0 Å². The molecule has 106 valence electrons. The highest BCUT2D eigenvalue weighted by atomic mass is 16.3. The van der Waals surface area contributed by atoms with Crippen molar-refractivity contribution in [3.63, 3.8) is 0 Å². The third-order valence-electron chi connectivity index (χ3n) is 4.44. The average molecular weight is 256 g/mol. The maximum Gasteiger partial charge on any atom is 0.239 e. The predicted molar refractivity (Wildman–Crippen MR) is 73.1 cm³/mol. The SMILES string of the molecule is CCC1CCC(O)(CNC(=O)C(C)(N)CC)CC1. The van der Waals surface area contributed by atoms with Crippen LogP contribution in [0.15, 0.2) is 0 Å². The van der Waals surface area contributed by atoms with Gasteiger partial charge in [0.05, 0.1) is 11.1 Å². The number of nitrogens with two attached hydrogens (primary N) is 1. The van der Waals surface area contributed by atoms with E-state index in [0.717, 1.165) is 31.6 Å². The molecule has 1 rings (SSSR count). The molecule has 0 spiro atoms. The fourth-order valence-electron chi connectivity index (χ4n) is 2.41. The number of carbonyl (C=O) groups is 1. The van der Waals surface area contributed by atoms with Crippen molar-refractivity contribution in [1.82, 2.24) is 5.32 Å². The van der Waals surface area contributed by atoms with Gasteiger partial charge < -0.3 is 16.2 Å². The molecule has 0 aliphatic heterocycles. The van der Waals surface area contributed by atoms with Crippen molar-refractivity contribution in [1.29, 1.82) is 0 Å². The van der Waals surface area contributed by atoms with Crippen LogP contribution in [-0.2, 0) is 4.79 Å². The minimum absolute atomic E-state index is 0.170. The summed E-state index contributed by atoms with van der Waals surface area (Å²) in [4.78, 5) is 11.9. The predicted octanol–water partition coefficient (Wildman–Crippen LogP) is 1.56. The summed E-state index contributed by atoms with van der Waals surface area (Å²) in [7, 11) is 0. The highest BCUT2D eigenvalue weighted by molar-refractivity contribution is 5.85. The van der Waals surface area contributed by atoms with Crippen LogP contribution in [0.1, 0.15) is 59.3 Å². The number of hydrogen-bond donors (Lipinski definition) is 3. The highest BCUT2D eigenvalue weighted by Crippen LogP contribution is 2.33. The molecule has 1 aliphatic carbocycles. The number of rotatable bonds is 5. The monoisotopic (exact) mass is 256 g/mol. The molecule has 18 heavy (non-hydrogen) atoms. The van der Waals surface area contributed by atoms with Gasteiger partial charge in [0.1, 0.15) is 0 Å². The van der Waals surface area contributed by atoms with Crippen LogP contribution >= 0.6 is 0 Å². The van der Waals surface area contributed by atoms with Crippen LogP contribution in [0.4, 0.5) is 0 Å². The molecular formula is C14H28N2O2. The Balaban J connectivity index is 2.42. The molecule has 1 saturated carbocycles. The second-order valence-corrected chi connectivity index (χ2v) is 6.03. The molecule has 0 heterocycles. The molecule has 0 aromatic rings. The van der Waals surface area contributed by atoms with E-state index in [4.69, 9.17) is 5.73 Å². The Labute approximate surface area is 110 Å². The zero-order chi connectivity index (χ0) is 13.8. The van der Waals surface area contributed by atoms with Gasteiger partial charge in [0, 0.05) is 6.54 Å². The van der Waals surface area contributed by atoms with E-state index >= 15 is 0 Å². The molecule has 1 amide bonds. The normalized spacial score (nSPS) is 31.7. The summed E-state index contributed by atoms with van der Waals surface area (Å²) in [6.07, 6.45) is 5.43. The van der Waals surface area contributed by atoms with Crippen molar-refractivity contribution < 1.29 is 9.90 Å². The number of carbonyl (C=O) groups excluding carboxylic acids is 1. The lowest BCUT2D eigenvalue weighted by molar-refractivity contribution is -0.127. The Morgan fingerprint density at radius 2 is 2.00 bits per heavy atom. The molecule has 1 atom stereocenters. The van der Waals surface area contributed by atoms with E-state index in [0.29, 0.717) is 13.0 Å². The quantitative estimate of drug-likeness (QED) is 0.699. The first-order valence-corrected chi connectivity index (χ1v) is 7.12. The summed E-state index contributed by atoms with van der Waals surface area (Å²) in [6.45, 7) is 6.13. The fourth-order valence-corrected chi connectivity index (χ4v) is 2.41. The van der Waals surface area contributed by atoms with E-state index < -0.39 is 11.1 Å². The van der Waals surface area contributed by atoms with Crippen LogP contribution in [0.5, 0.6) is 0 Å². The molecule has 1 aliphatic rings. The molecule has 4 heteroatoms. The number of amides is 1. The van der Waals surface area contributed by atoms with Crippen molar-refractivity contribution in [3.05, 3.63) is 0 Å². The molecule has 4 nitrogen and oxygen atoms in total. The summed E-state index contributed by atoms with van der Waals surface area (Å²) in [6, 6.07) is 0. The summed E-state index contributed by atoms with van der Waals surface area (Å²) in [5.74, 6) is 0.562. The molecule has 0 saturated heterocycles. The highest BCUT2D eigenvalue weighted by Gasteiger charge is 2.34. The average Bonchev–Trinajstić information content (AvgIpc) is 2.37.